The molecule has 0 aliphatic heterocycles. The van der Waals surface area contributed by atoms with Crippen molar-refractivity contribution in [3.05, 3.63) is 29.3 Å². The van der Waals surface area contributed by atoms with Crippen molar-refractivity contribution in [3.63, 3.8) is 0 Å². The molecule has 0 aliphatic rings. The largest absolute Gasteiger partial charge is 0.465 e. The number of ether oxygens (including phenoxy) is 2. The molecule has 1 rings (SSSR count). The molecule has 1 aromatic carbocycles. The summed E-state index contributed by atoms with van der Waals surface area (Å²) in [5.41, 5.74) is 0.506. The summed E-state index contributed by atoms with van der Waals surface area (Å²) in [6.07, 6.45) is 0. The smallest absolute Gasteiger partial charge is 0.339 e. The Balaban J connectivity index is 3.33. The number of hydrogen-bond donors (Lipinski definition) is 0. The number of carbonyl (C=O) groups is 2. The Morgan fingerprint density at radius 1 is 1.18 bits per heavy atom. The third-order valence-corrected chi connectivity index (χ3v) is 3.06. The molecule has 92 valence electrons. The third-order valence-electron chi connectivity index (χ3n) is 2.12. The number of esters is 2. The first-order chi connectivity index (χ1) is 8.15. The Morgan fingerprint density at radius 3 is 2.35 bits per heavy atom. The van der Waals surface area contributed by atoms with Gasteiger partial charge in [0.1, 0.15) is 0 Å². The van der Waals surface area contributed by atoms with E-state index in [2.05, 4.69) is 4.74 Å². The van der Waals surface area contributed by atoms with Crippen molar-refractivity contribution in [2.75, 3.05) is 20.0 Å². The number of rotatable bonds is 4. The Bertz CT molecular complexity index is 429. The third kappa shape index (κ3) is 3.00. The van der Waals surface area contributed by atoms with E-state index in [1.54, 1.807) is 18.2 Å². The predicted molar refractivity (Wildman–Crippen MR) is 65.5 cm³/mol. The van der Waals surface area contributed by atoms with E-state index in [0.29, 0.717) is 0 Å². The maximum atomic E-state index is 11.7. The minimum Gasteiger partial charge on any atom is -0.465 e. The number of thioether (sulfide) groups is 1. The second-order valence-corrected chi connectivity index (χ2v) is 4.40. The van der Waals surface area contributed by atoms with Gasteiger partial charge in [0.15, 0.2) is 0 Å². The molecule has 0 heterocycles. The van der Waals surface area contributed by atoms with Gasteiger partial charge in [-0.3, -0.25) is 0 Å². The van der Waals surface area contributed by atoms with Crippen LogP contribution >= 0.6 is 11.8 Å². The molecule has 0 bridgehead atoms. The molecule has 0 saturated carbocycles. The first-order valence-electron chi connectivity index (χ1n) is 5.08. The summed E-state index contributed by atoms with van der Waals surface area (Å²) < 4.78 is 9.35. The van der Waals surface area contributed by atoms with Crippen LogP contribution in [0.5, 0.6) is 0 Å². The van der Waals surface area contributed by atoms with E-state index in [1.807, 2.05) is 6.92 Å². The normalized spacial score (nSPS) is 9.82. The highest BCUT2D eigenvalue weighted by molar-refractivity contribution is 7.99. The zero-order valence-corrected chi connectivity index (χ0v) is 10.8. The predicted octanol–water partition coefficient (Wildman–Crippen LogP) is 2.37. The first kappa shape index (κ1) is 13.6. The molecule has 0 saturated heterocycles. The van der Waals surface area contributed by atoms with Crippen molar-refractivity contribution in [1.82, 2.24) is 0 Å². The molecule has 0 amide bonds. The molecule has 0 radical (unpaired) electrons. The fourth-order valence-corrected chi connectivity index (χ4v) is 2.22. The number of methoxy groups -OCH3 is 2. The van der Waals surface area contributed by atoms with Gasteiger partial charge in [0.25, 0.3) is 0 Å². The molecular weight excluding hydrogens is 240 g/mol. The van der Waals surface area contributed by atoms with Crippen molar-refractivity contribution in [3.8, 4) is 0 Å². The molecule has 0 atom stereocenters. The van der Waals surface area contributed by atoms with E-state index in [0.717, 1.165) is 10.6 Å². The van der Waals surface area contributed by atoms with Gasteiger partial charge in [-0.05, 0) is 17.9 Å². The van der Waals surface area contributed by atoms with Gasteiger partial charge in [-0.2, -0.15) is 0 Å². The summed E-state index contributed by atoms with van der Waals surface area (Å²) in [5, 5.41) is 0. The monoisotopic (exact) mass is 254 g/mol. The van der Waals surface area contributed by atoms with Crippen molar-refractivity contribution in [2.45, 2.75) is 11.8 Å². The second kappa shape index (κ2) is 6.30. The van der Waals surface area contributed by atoms with Gasteiger partial charge in [-0.25, -0.2) is 9.59 Å². The molecule has 0 N–H and O–H groups in total. The van der Waals surface area contributed by atoms with E-state index >= 15 is 0 Å². The Hall–Kier alpha value is -1.49. The minimum absolute atomic E-state index is 0.234. The van der Waals surface area contributed by atoms with E-state index in [1.165, 1.54) is 26.0 Å². The topological polar surface area (TPSA) is 52.6 Å². The van der Waals surface area contributed by atoms with Gasteiger partial charge in [0, 0.05) is 4.90 Å². The molecule has 0 spiro atoms. The first-order valence-corrected chi connectivity index (χ1v) is 6.06. The van der Waals surface area contributed by atoms with Crippen LogP contribution in [0, 0.1) is 0 Å². The average molecular weight is 254 g/mol. The lowest BCUT2D eigenvalue weighted by atomic mass is 10.1. The summed E-state index contributed by atoms with van der Waals surface area (Å²) in [6.45, 7) is 1.97. The lowest BCUT2D eigenvalue weighted by molar-refractivity contribution is 0.0552. The van der Waals surface area contributed by atoms with Crippen molar-refractivity contribution in [1.29, 1.82) is 0 Å². The highest BCUT2D eigenvalue weighted by Gasteiger charge is 2.21. The van der Waals surface area contributed by atoms with Crippen LogP contribution in [0.1, 0.15) is 27.6 Å². The molecule has 1 aromatic rings. The zero-order chi connectivity index (χ0) is 12.8. The highest BCUT2D eigenvalue weighted by Crippen LogP contribution is 2.26. The SMILES string of the molecule is CCSc1cccc(C(=O)OC)c1C(=O)OC. The summed E-state index contributed by atoms with van der Waals surface area (Å²) in [6, 6.07) is 5.06. The molecule has 4 nitrogen and oxygen atoms in total. The van der Waals surface area contributed by atoms with Crippen LogP contribution < -0.4 is 0 Å². The Kier molecular flexibility index (Phi) is 5.03. The van der Waals surface area contributed by atoms with Gasteiger partial charge < -0.3 is 9.47 Å². The van der Waals surface area contributed by atoms with E-state index < -0.39 is 11.9 Å². The maximum absolute atomic E-state index is 11.7. The number of benzene rings is 1. The van der Waals surface area contributed by atoms with E-state index in [4.69, 9.17) is 4.74 Å². The minimum atomic E-state index is -0.538. The van der Waals surface area contributed by atoms with Gasteiger partial charge in [0.2, 0.25) is 0 Å². The van der Waals surface area contributed by atoms with Crippen LogP contribution in [0.25, 0.3) is 0 Å². The van der Waals surface area contributed by atoms with Crippen molar-refractivity contribution in [2.24, 2.45) is 0 Å². The van der Waals surface area contributed by atoms with Crippen molar-refractivity contribution < 1.29 is 19.1 Å². The quantitative estimate of drug-likeness (QED) is 0.610. The zero-order valence-electron chi connectivity index (χ0n) is 9.98. The van der Waals surface area contributed by atoms with E-state index in [-0.39, 0.29) is 11.1 Å². The van der Waals surface area contributed by atoms with Gasteiger partial charge in [0.05, 0.1) is 25.3 Å². The van der Waals surface area contributed by atoms with Crippen LogP contribution in [0.3, 0.4) is 0 Å². The molecule has 0 aromatic heterocycles. The summed E-state index contributed by atoms with van der Waals surface area (Å²) in [4.78, 5) is 24.0. The standard InChI is InChI=1S/C12H14O4S/c1-4-17-9-7-5-6-8(11(13)15-2)10(9)12(14)16-3/h5-7H,4H2,1-3H3. The molecule has 0 unspecified atom stereocenters. The summed E-state index contributed by atoms with van der Waals surface area (Å²) in [7, 11) is 2.57. The van der Waals surface area contributed by atoms with Crippen LogP contribution in [-0.4, -0.2) is 31.9 Å². The number of hydrogen-bond acceptors (Lipinski definition) is 5. The lowest BCUT2D eigenvalue weighted by Gasteiger charge is -2.10. The Morgan fingerprint density at radius 2 is 1.82 bits per heavy atom. The molecule has 5 heteroatoms. The van der Waals surface area contributed by atoms with Crippen LogP contribution in [0.2, 0.25) is 0 Å². The van der Waals surface area contributed by atoms with Gasteiger partial charge in [-0.15, -0.1) is 11.8 Å². The Labute approximate surface area is 104 Å². The number of carbonyl (C=O) groups excluding carboxylic acids is 2. The van der Waals surface area contributed by atoms with Crippen LogP contribution in [0.15, 0.2) is 23.1 Å². The molecule has 17 heavy (non-hydrogen) atoms. The fourth-order valence-electron chi connectivity index (χ4n) is 1.40. The van der Waals surface area contributed by atoms with E-state index in [9.17, 15) is 9.59 Å². The van der Waals surface area contributed by atoms with Crippen molar-refractivity contribution >= 4 is 23.7 Å². The van der Waals surface area contributed by atoms with Gasteiger partial charge >= 0.3 is 11.9 Å². The highest BCUT2D eigenvalue weighted by atomic mass is 32.2. The van der Waals surface area contributed by atoms with Crippen LogP contribution in [0.4, 0.5) is 0 Å². The molecule has 0 fully saturated rings. The van der Waals surface area contributed by atoms with Crippen LogP contribution in [-0.2, 0) is 9.47 Å². The summed E-state index contributed by atoms with van der Waals surface area (Å²) in [5.74, 6) is -0.264. The maximum Gasteiger partial charge on any atom is 0.339 e. The second-order valence-electron chi connectivity index (χ2n) is 3.09. The summed E-state index contributed by atoms with van der Waals surface area (Å²) >= 11 is 1.48. The molecular formula is C12H14O4S. The molecule has 0 aliphatic carbocycles. The average Bonchev–Trinajstić information content (AvgIpc) is 2.37. The fraction of sp³-hybridized carbons (Fsp3) is 0.333. The lowest BCUT2D eigenvalue weighted by Crippen LogP contribution is -2.13. The van der Waals surface area contributed by atoms with Gasteiger partial charge in [-0.1, -0.05) is 13.0 Å².